The zero-order valence-corrected chi connectivity index (χ0v) is 21.7. The van der Waals surface area contributed by atoms with Crippen LogP contribution in [0.5, 0.6) is 17.2 Å². The molecule has 0 aliphatic rings. The highest BCUT2D eigenvalue weighted by Gasteiger charge is 2.20. The molecule has 0 saturated carbocycles. The number of allylic oxidation sites excluding steroid dienone is 1. The first-order valence-electron chi connectivity index (χ1n) is 11.4. The fraction of sp³-hybridized carbons (Fsp3) is 0.346. The molecular formula is C26H32N4O4S. The van der Waals surface area contributed by atoms with E-state index in [9.17, 15) is 4.79 Å². The molecule has 0 unspecified atom stereocenters. The van der Waals surface area contributed by atoms with Crippen molar-refractivity contribution in [1.29, 1.82) is 0 Å². The summed E-state index contributed by atoms with van der Waals surface area (Å²) in [6.45, 7) is 8.50. The summed E-state index contributed by atoms with van der Waals surface area (Å²) >= 11 is 1.33. The number of thioether (sulfide) groups is 1. The van der Waals surface area contributed by atoms with Crippen LogP contribution >= 0.6 is 11.8 Å². The molecule has 1 N–H and O–H groups in total. The molecule has 0 radical (unpaired) electrons. The fourth-order valence-corrected chi connectivity index (χ4v) is 4.57. The summed E-state index contributed by atoms with van der Waals surface area (Å²) in [7, 11) is 4.69. The molecule has 0 atom stereocenters. The van der Waals surface area contributed by atoms with Gasteiger partial charge in [-0.1, -0.05) is 49.9 Å². The number of aromatic nitrogens is 3. The number of carbonyl (C=O) groups is 1. The first-order chi connectivity index (χ1) is 17.0. The van der Waals surface area contributed by atoms with Crippen LogP contribution in [0, 0.1) is 0 Å². The van der Waals surface area contributed by atoms with E-state index in [0.29, 0.717) is 34.8 Å². The first kappa shape index (κ1) is 26.2. The molecule has 2 aromatic carbocycles. The molecule has 3 aromatic rings. The number of amides is 1. The minimum absolute atomic E-state index is 0.0897. The minimum atomic E-state index is -0.0897. The molecule has 0 spiro atoms. The molecule has 1 amide bonds. The highest BCUT2D eigenvalue weighted by atomic mass is 32.2. The summed E-state index contributed by atoms with van der Waals surface area (Å²) in [6.07, 6.45) is 3.46. The normalized spacial score (nSPS) is 10.7. The van der Waals surface area contributed by atoms with Crippen LogP contribution in [0.15, 0.2) is 48.1 Å². The number of rotatable bonds is 12. The van der Waals surface area contributed by atoms with Crippen molar-refractivity contribution in [3.8, 4) is 28.6 Å². The monoisotopic (exact) mass is 496 g/mol. The Bertz CT molecular complexity index is 1140. The second kappa shape index (κ2) is 12.3. The minimum Gasteiger partial charge on any atom is -0.493 e. The molecule has 186 valence electrons. The molecule has 0 bridgehead atoms. The van der Waals surface area contributed by atoms with Gasteiger partial charge in [0.05, 0.1) is 27.1 Å². The maximum atomic E-state index is 12.8. The van der Waals surface area contributed by atoms with Crippen molar-refractivity contribution in [1.82, 2.24) is 14.8 Å². The quantitative estimate of drug-likeness (QED) is 0.278. The Kier molecular flexibility index (Phi) is 9.19. The smallest absolute Gasteiger partial charge is 0.234 e. The average molecular weight is 497 g/mol. The van der Waals surface area contributed by atoms with Crippen molar-refractivity contribution in [3.63, 3.8) is 0 Å². The summed E-state index contributed by atoms with van der Waals surface area (Å²) in [5.74, 6) is 2.25. The zero-order valence-electron chi connectivity index (χ0n) is 20.9. The molecule has 0 fully saturated rings. The van der Waals surface area contributed by atoms with E-state index in [-0.39, 0.29) is 11.7 Å². The maximum absolute atomic E-state index is 12.8. The van der Waals surface area contributed by atoms with Crippen LogP contribution in [0.3, 0.4) is 0 Å². The summed E-state index contributed by atoms with van der Waals surface area (Å²) in [6, 6.07) is 9.77. The average Bonchev–Trinajstić information content (AvgIpc) is 3.29. The number of benzene rings is 2. The number of carbonyl (C=O) groups excluding carboxylic acids is 1. The number of anilines is 1. The van der Waals surface area contributed by atoms with Crippen molar-refractivity contribution in [2.24, 2.45) is 0 Å². The third-order valence-electron chi connectivity index (χ3n) is 5.55. The number of ether oxygens (including phenoxy) is 3. The third kappa shape index (κ3) is 5.79. The van der Waals surface area contributed by atoms with Crippen LogP contribution < -0.4 is 19.5 Å². The predicted molar refractivity (Wildman–Crippen MR) is 140 cm³/mol. The second-order valence-electron chi connectivity index (χ2n) is 7.61. The van der Waals surface area contributed by atoms with Gasteiger partial charge in [0.15, 0.2) is 22.5 Å². The van der Waals surface area contributed by atoms with E-state index < -0.39 is 0 Å². The van der Waals surface area contributed by atoms with Gasteiger partial charge < -0.3 is 19.5 Å². The van der Waals surface area contributed by atoms with Gasteiger partial charge in [0.25, 0.3) is 0 Å². The summed E-state index contributed by atoms with van der Waals surface area (Å²) in [5, 5.41) is 12.4. The largest absolute Gasteiger partial charge is 0.493 e. The number of nitrogens with zero attached hydrogens (tertiary/aromatic N) is 3. The van der Waals surface area contributed by atoms with Gasteiger partial charge in [0, 0.05) is 17.8 Å². The van der Waals surface area contributed by atoms with Gasteiger partial charge in [-0.2, -0.15) is 0 Å². The molecule has 35 heavy (non-hydrogen) atoms. The van der Waals surface area contributed by atoms with Crippen LogP contribution in [0.1, 0.15) is 25.0 Å². The Morgan fingerprint density at radius 1 is 1.06 bits per heavy atom. The molecular weight excluding hydrogens is 464 g/mol. The topological polar surface area (TPSA) is 87.5 Å². The Morgan fingerprint density at radius 3 is 2.20 bits per heavy atom. The van der Waals surface area contributed by atoms with Gasteiger partial charge in [0.2, 0.25) is 11.7 Å². The number of nitrogens with one attached hydrogen (secondary N) is 1. The van der Waals surface area contributed by atoms with Crippen molar-refractivity contribution in [2.75, 3.05) is 32.4 Å². The zero-order chi connectivity index (χ0) is 25.4. The van der Waals surface area contributed by atoms with Crippen LogP contribution in [-0.2, 0) is 24.2 Å². The fourth-order valence-electron chi connectivity index (χ4n) is 3.82. The lowest BCUT2D eigenvalue weighted by atomic mass is 10.0. The summed E-state index contributed by atoms with van der Waals surface area (Å²) in [5.41, 5.74) is 3.91. The molecule has 9 heteroatoms. The van der Waals surface area contributed by atoms with Crippen molar-refractivity contribution >= 4 is 23.4 Å². The molecule has 0 saturated heterocycles. The van der Waals surface area contributed by atoms with E-state index in [4.69, 9.17) is 14.2 Å². The molecule has 0 aliphatic carbocycles. The molecule has 0 aliphatic heterocycles. The van der Waals surface area contributed by atoms with Crippen LogP contribution in [0.4, 0.5) is 5.69 Å². The maximum Gasteiger partial charge on any atom is 0.234 e. The lowest BCUT2D eigenvalue weighted by Gasteiger charge is -2.15. The molecule has 8 nitrogen and oxygen atoms in total. The predicted octanol–water partition coefficient (Wildman–Crippen LogP) is 5.01. The highest BCUT2D eigenvalue weighted by molar-refractivity contribution is 7.99. The van der Waals surface area contributed by atoms with Crippen LogP contribution in [0.25, 0.3) is 11.4 Å². The van der Waals surface area contributed by atoms with Crippen molar-refractivity contribution in [3.05, 3.63) is 54.1 Å². The Hall–Kier alpha value is -3.46. The first-order valence-corrected chi connectivity index (χ1v) is 12.4. The molecule has 1 heterocycles. The number of aryl methyl sites for hydroxylation is 2. The van der Waals surface area contributed by atoms with Crippen molar-refractivity contribution < 1.29 is 19.0 Å². The third-order valence-corrected chi connectivity index (χ3v) is 6.51. The summed E-state index contributed by atoms with van der Waals surface area (Å²) in [4.78, 5) is 12.8. The SMILES string of the molecule is C=CCn1c(SCC(=O)Nc2c(CC)cccc2CC)nnc1-c1cc(OC)c(OC)c(OC)c1. The Labute approximate surface area is 210 Å². The number of hydrogen-bond acceptors (Lipinski definition) is 7. The lowest BCUT2D eigenvalue weighted by molar-refractivity contribution is -0.113. The van der Waals surface area contributed by atoms with Gasteiger partial charge in [-0.15, -0.1) is 16.8 Å². The van der Waals surface area contributed by atoms with Crippen LogP contribution in [-0.4, -0.2) is 47.8 Å². The second-order valence-corrected chi connectivity index (χ2v) is 8.56. The van der Waals surface area contributed by atoms with E-state index in [2.05, 4.69) is 35.9 Å². The van der Waals surface area contributed by atoms with E-state index in [1.54, 1.807) is 27.4 Å². The Balaban J connectivity index is 1.85. The number of hydrogen-bond donors (Lipinski definition) is 1. The van der Waals surface area contributed by atoms with Gasteiger partial charge >= 0.3 is 0 Å². The van der Waals surface area contributed by atoms with E-state index in [1.165, 1.54) is 11.8 Å². The molecule has 1 aromatic heterocycles. The van der Waals surface area contributed by atoms with Gasteiger partial charge in [0.1, 0.15) is 0 Å². The highest BCUT2D eigenvalue weighted by Crippen LogP contribution is 2.41. The number of methoxy groups -OCH3 is 3. The Morgan fingerprint density at radius 2 is 1.69 bits per heavy atom. The number of para-hydroxylation sites is 1. The van der Waals surface area contributed by atoms with Gasteiger partial charge in [-0.25, -0.2) is 0 Å². The van der Waals surface area contributed by atoms with Gasteiger partial charge in [-0.05, 0) is 36.1 Å². The van der Waals surface area contributed by atoms with E-state index in [1.807, 2.05) is 34.9 Å². The van der Waals surface area contributed by atoms with E-state index in [0.717, 1.165) is 35.2 Å². The van der Waals surface area contributed by atoms with Gasteiger partial charge in [-0.3, -0.25) is 9.36 Å². The van der Waals surface area contributed by atoms with Crippen LogP contribution in [0.2, 0.25) is 0 Å². The van der Waals surface area contributed by atoms with E-state index >= 15 is 0 Å². The standard InChI is InChI=1S/C26H32N4O4S/c1-7-13-30-25(19-14-20(32-4)24(34-6)21(15-19)33-5)28-29-26(30)35-16-22(31)27-23-17(8-2)11-10-12-18(23)9-3/h7,10-12,14-15H,1,8-9,13,16H2,2-6H3,(H,27,31). The lowest BCUT2D eigenvalue weighted by Crippen LogP contribution is -2.17. The summed E-state index contributed by atoms with van der Waals surface area (Å²) < 4.78 is 18.3. The van der Waals surface area contributed by atoms with Crippen molar-refractivity contribution in [2.45, 2.75) is 38.4 Å². The molecule has 3 rings (SSSR count).